The number of nitrogens with two attached hydrogens (primary N) is 1. The minimum atomic E-state index is 0.460. The van der Waals surface area contributed by atoms with Crippen LogP contribution in [0.15, 0.2) is 24.3 Å². The van der Waals surface area contributed by atoms with Gasteiger partial charge in [-0.25, -0.2) is 9.97 Å². The van der Waals surface area contributed by atoms with E-state index in [1.165, 1.54) is 0 Å². The number of hydrogen-bond acceptors (Lipinski definition) is 5. The second kappa shape index (κ2) is 3.76. The van der Waals surface area contributed by atoms with Gasteiger partial charge in [0.25, 0.3) is 5.78 Å². The van der Waals surface area contributed by atoms with Crippen molar-refractivity contribution < 1.29 is 0 Å². The van der Waals surface area contributed by atoms with Gasteiger partial charge in [-0.2, -0.15) is 0 Å². The predicted molar refractivity (Wildman–Crippen MR) is 67.9 cm³/mol. The van der Waals surface area contributed by atoms with Gasteiger partial charge in [0, 0.05) is 11.4 Å². The van der Waals surface area contributed by atoms with Crippen molar-refractivity contribution in [2.24, 2.45) is 0 Å². The molecule has 3 heterocycles. The van der Waals surface area contributed by atoms with Gasteiger partial charge in [0.1, 0.15) is 11.5 Å². The predicted octanol–water partition coefficient (Wildman–Crippen LogP) is 1.39. The molecule has 0 aliphatic heterocycles. The van der Waals surface area contributed by atoms with Crippen LogP contribution in [-0.4, -0.2) is 24.6 Å². The van der Waals surface area contributed by atoms with E-state index in [0.29, 0.717) is 23.1 Å². The first kappa shape index (κ1) is 10.6. The first-order valence-electron chi connectivity index (χ1n) is 5.57. The van der Waals surface area contributed by atoms with E-state index >= 15 is 0 Å². The lowest BCUT2D eigenvalue weighted by Crippen LogP contribution is -2.00. The average Bonchev–Trinajstić information content (AvgIpc) is 2.72. The zero-order valence-electron chi connectivity index (χ0n) is 10.1. The zero-order valence-corrected chi connectivity index (χ0v) is 10.1. The first-order valence-corrected chi connectivity index (χ1v) is 5.57. The number of aryl methyl sites for hydroxylation is 2. The third-order valence-electron chi connectivity index (χ3n) is 2.69. The van der Waals surface area contributed by atoms with Gasteiger partial charge in [0.05, 0.1) is 0 Å². The molecule has 0 bridgehead atoms. The van der Waals surface area contributed by atoms with Crippen molar-refractivity contribution in [2.75, 3.05) is 5.73 Å². The Bertz CT molecular complexity index is 731. The van der Waals surface area contributed by atoms with Gasteiger partial charge in [-0.15, -0.1) is 10.2 Å². The summed E-state index contributed by atoms with van der Waals surface area (Å²) < 4.78 is 1.87. The molecule has 0 fully saturated rings. The van der Waals surface area contributed by atoms with Gasteiger partial charge in [0.15, 0.2) is 5.82 Å². The molecule has 0 amide bonds. The summed E-state index contributed by atoms with van der Waals surface area (Å²) in [6, 6.07) is 7.41. The highest BCUT2D eigenvalue weighted by atomic mass is 15.3. The zero-order chi connectivity index (χ0) is 12.7. The van der Waals surface area contributed by atoms with Gasteiger partial charge >= 0.3 is 0 Å². The van der Waals surface area contributed by atoms with Crippen LogP contribution in [0.25, 0.3) is 17.3 Å². The Morgan fingerprint density at radius 2 is 1.94 bits per heavy atom. The topological polar surface area (TPSA) is 82.0 Å². The normalized spacial score (nSPS) is 11.0. The van der Waals surface area contributed by atoms with Crippen molar-refractivity contribution in [3.8, 4) is 11.5 Å². The summed E-state index contributed by atoms with van der Waals surface area (Å²) in [6.45, 7) is 3.92. The summed E-state index contributed by atoms with van der Waals surface area (Å²) >= 11 is 0. The van der Waals surface area contributed by atoms with Crippen LogP contribution in [0.5, 0.6) is 0 Å². The number of anilines is 1. The van der Waals surface area contributed by atoms with E-state index in [9.17, 15) is 0 Å². The lowest BCUT2D eigenvalue weighted by atomic mass is 10.3. The van der Waals surface area contributed by atoms with E-state index in [1.807, 2.05) is 36.4 Å². The van der Waals surface area contributed by atoms with Crippen LogP contribution in [0.3, 0.4) is 0 Å². The fraction of sp³-hybridized carbons (Fsp3) is 0.167. The van der Waals surface area contributed by atoms with Crippen molar-refractivity contribution in [1.82, 2.24) is 24.6 Å². The summed E-state index contributed by atoms with van der Waals surface area (Å²) in [5.74, 6) is 1.69. The van der Waals surface area contributed by atoms with Gasteiger partial charge in [-0.05, 0) is 32.0 Å². The number of fused-ring (bicyclic) bond motifs is 1. The lowest BCUT2D eigenvalue weighted by Gasteiger charge is -2.04. The molecule has 3 aromatic heterocycles. The second-order valence-electron chi connectivity index (χ2n) is 4.15. The maximum Gasteiger partial charge on any atom is 0.255 e. The molecule has 0 radical (unpaired) electrons. The van der Waals surface area contributed by atoms with Crippen molar-refractivity contribution in [2.45, 2.75) is 13.8 Å². The average molecular weight is 240 g/mol. The van der Waals surface area contributed by atoms with Gasteiger partial charge in [-0.3, -0.25) is 4.40 Å². The van der Waals surface area contributed by atoms with Crippen LogP contribution in [0.4, 0.5) is 5.82 Å². The SMILES string of the molecule is Cc1cc(C)n2c(-c3cccc(N)n3)nnc2n1. The minimum absolute atomic E-state index is 0.460. The maximum atomic E-state index is 5.69. The molecule has 0 aromatic carbocycles. The van der Waals surface area contributed by atoms with Crippen molar-refractivity contribution >= 4 is 11.6 Å². The van der Waals surface area contributed by atoms with E-state index in [1.54, 1.807) is 6.07 Å². The molecular weight excluding hydrogens is 228 g/mol. The quantitative estimate of drug-likeness (QED) is 0.695. The molecule has 3 aromatic rings. The molecule has 0 spiro atoms. The number of rotatable bonds is 1. The Morgan fingerprint density at radius 1 is 1.11 bits per heavy atom. The highest BCUT2D eigenvalue weighted by molar-refractivity contribution is 5.56. The Balaban J connectivity index is 2.31. The highest BCUT2D eigenvalue weighted by Gasteiger charge is 2.12. The maximum absolute atomic E-state index is 5.69. The van der Waals surface area contributed by atoms with Crippen molar-refractivity contribution in [3.63, 3.8) is 0 Å². The molecular formula is C12H12N6. The molecule has 0 aliphatic carbocycles. The lowest BCUT2D eigenvalue weighted by molar-refractivity contribution is 1.01. The van der Waals surface area contributed by atoms with Crippen LogP contribution in [0, 0.1) is 13.8 Å². The van der Waals surface area contributed by atoms with Crippen LogP contribution in [0.1, 0.15) is 11.4 Å². The number of hydrogen-bond donors (Lipinski definition) is 1. The Morgan fingerprint density at radius 3 is 2.72 bits per heavy atom. The molecule has 90 valence electrons. The molecule has 0 aliphatic rings. The Kier molecular flexibility index (Phi) is 2.22. The van der Waals surface area contributed by atoms with Gasteiger partial charge in [-0.1, -0.05) is 6.07 Å². The summed E-state index contributed by atoms with van der Waals surface area (Å²) in [6.07, 6.45) is 0. The Hall–Kier alpha value is -2.50. The first-order chi connectivity index (χ1) is 8.65. The monoisotopic (exact) mass is 240 g/mol. The molecule has 2 N–H and O–H groups in total. The van der Waals surface area contributed by atoms with Gasteiger partial charge in [0.2, 0.25) is 0 Å². The van der Waals surface area contributed by atoms with Crippen LogP contribution >= 0.6 is 0 Å². The number of nitrogen functional groups attached to an aromatic ring is 1. The fourth-order valence-electron chi connectivity index (χ4n) is 1.97. The summed E-state index contributed by atoms with van der Waals surface area (Å²) in [7, 11) is 0. The molecule has 6 heteroatoms. The van der Waals surface area contributed by atoms with Crippen LogP contribution in [-0.2, 0) is 0 Å². The molecule has 18 heavy (non-hydrogen) atoms. The molecule has 3 rings (SSSR count). The third-order valence-corrected chi connectivity index (χ3v) is 2.69. The summed E-state index contributed by atoms with van der Waals surface area (Å²) in [5, 5.41) is 8.21. The molecule has 0 saturated carbocycles. The molecule has 0 atom stereocenters. The highest BCUT2D eigenvalue weighted by Crippen LogP contribution is 2.18. The van der Waals surface area contributed by atoms with Crippen LogP contribution < -0.4 is 5.73 Å². The fourth-order valence-corrected chi connectivity index (χ4v) is 1.97. The number of nitrogens with zero attached hydrogens (tertiary/aromatic N) is 5. The van der Waals surface area contributed by atoms with Crippen LogP contribution in [0.2, 0.25) is 0 Å². The molecule has 0 unspecified atom stereocenters. The van der Waals surface area contributed by atoms with E-state index in [2.05, 4.69) is 20.2 Å². The van der Waals surface area contributed by atoms with Crippen molar-refractivity contribution in [3.05, 3.63) is 35.7 Å². The minimum Gasteiger partial charge on any atom is -0.384 e. The molecule has 0 saturated heterocycles. The smallest absolute Gasteiger partial charge is 0.255 e. The van der Waals surface area contributed by atoms with E-state index in [0.717, 1.165) is 11.4 Å². The summed E-state index contributed by atoms with van der Waals surface area (Å²) in [4.78, 5) is 8.59. The van der Waals surface area contributed by atoms with E-state index in [-0.39, 0.29) is 0 Å². The van der Waals surface area contributed by atoms with E-state index < -0.39 is 0 Å². The largest absolute Gasteiger partial charge is 0.384 e. The Labute approximate surface area is 104 Å². The third kappa shape index (κ3) is 1.58. The standard InChI is InChI=1S/C12H12N6/c1-7-6-8(2)18-11(16-17-12(18)14-7)9-4-3-5-10(13)15-9/h3-6H,1-2H3,(H2,13,15). The summed E-state index contributed by atoms with van der Waals surface area (Å²) in [5.41, 5.74) is 8.31. The second-order valence-corrected chi connectivity index (χ2v) is 4.15. The van der Waals surface area contributed by atoms with Gasteiger partial charge < -0.3 is 5.73 Å². The number of aromatic nitrogens is 5. The number of pyridine rings is 1. The van der Waals surface area contributed by atoms with Crippen molar-refractivity contribution in [1.29, 1.82) is 0 Å². The molecule has 6 nitrogen and oxygen atoms in total. The van der Waals surface area contributed by atoms with E-state index in [4.69, 9.17) is 5.73 Å².